The smallest absolute Gasteiger partial charge is 0.274 e. The van der Waals surface area contributed by atoms with Gasteiger partial charge in [0.2, 0.25) is 5.88 Å². The molecule has 0 N–H and O–H groups in total. The van der Waals surface area contributed by atoms with E-state index in [2.05, 4.69) is 48.5 Å². The predicted octanol–water partition coefficient (Wildman–Crippen LogP) is 5.31. The number of ether oxygens (including phenoxy) is 1. The number of methoxy groups -OCH3 is 1. The Morgan fingerprint density at radius 2 is 1.86 bits per heavy atom. The molecule has 6 heterocycles. The maximum atomic E-state index is 13.4. The second-order valence-corrected chi connectivity index (χ2v) is 10.6. The zero-order valence-corrected chi connectivity index (χ0v) is 22.1. The number of piperazine rings is 1. The topological polar surface area (TPSA) is 63.0 Å². The lowest BCUT2D eigenvalue weighted by Gasteiger charge is -2.51. The number of hydrogen-bond acceptors (Lipinski definition) is 5. The summed E-state index contributed by atoms with van der Waals surface area (Å²) < 4.78 is 8.44. The van der Waals surface area contributed by atoms with Gasteiger partial charge >= 0.3 is 0 Å². The van der Waals surface area contributed by atoms with Crippen molar-refractivity contribution in [2.24, 2.45) is 0 Å². The van der Waals surface area contributed by atoms with E-state index in [4.69, 9.17) is 21.3 Å². The highest BCUT2D eigenvalue weighted by Gasteiger charge is 2.42. The fourth-order valence-corrected chi connectivity index (χ4v) is 5.86. The number of nitrogens with zero attached hydrogens (tertiary/aromatic N) is 5. The van der Waals surface area contributed by atoms with Gasteiger partial charge in [0.15, 0.2) is 5.69 Å². The molecule has 3 aromatic heterocycles. The van der Waals surface area contributed by atoms with E-state index in [0.717, 1.165) is 53.0 Å². The lowest BCUT2D eigenvalue weighted by Crippen LogP contribution is -2.63. The molecule has 0 radical (unpaired) electrons. The molecule has 2 unspecified atom stereocenters. The molecule has 7 nitrogen and oxygen atoms in total. The standard InChI is InChI=1S/C27H25BrClN5O2/c1-36-24-12-11-21(29)26(31-24)27(35)34-15-19-9-10-20(34)14-32(19)16-22-25(17-5-7-18(28)8-6-17)30-23-4-2-3-13-33(22)23/h2-8,11-13,19-20H,9-10,14-16H2,1H3. The third-order valence-electron chi connectivity index (χ3n) is 7.24. The Morgan fingerprint density at radius 3 is 2.61 bits per heavy atom. The van der Waals surface area contributed by atoms with E-state index in [-0.39, 0.29) is 23.7 Å². The first kappa shape index (κ1) is 23.5. The number of carbonyl (C=O) groups excluding carboxylic acids is 1. The van der Waals surface area contributed by atoms with Gasteiger partial charge in [0, 0.05) is 54.0 Å². The summed E-state index contributed by atoms with van der Waals surface area (Å²) in [5.41, 5.74) is 4.44. The average molecular weight is 567 g/mol. The summed E-state index contributed by atoms with van der Waals surface area (Å²) in [6.45, 7) is 2.22. The van der Waals surface area contributed by atoms with Crippen molar-refractivity contribution in [1.82, 2.24) is 24.2 Å². The Balaban J connectivity index is 1.28. The molecule has 3 saturated heterocycles. The molecule has 184 valence electrons. The molecule has 4 aromatic rings. The lowest BCUT2D eigenvalue weighted by molar-refractivity contribution is -0.0162. The second kappa shape index (κ2) is 9.50. The molecular formula is C27H25BrClN5O2. The first-order valence-corrected chi connectivity index (χ1v) is 13.2. The largest absolute Gasteiger partial charge is 0.481 e. The number of carbonyl (C=O) groups is 1. The third-order valence-corrected chi connectivity index (χ3v) is 8.07. The number of halogens is 2. The van der Waals surface area contributed by atoms with Crippen molar-refractivity contribution in [3.8, 4) is 17.1 Å². The van der Waals surface area contributed by atoms with Crippen molar-refractivity contribution in [1.29, 1.82) is 0 Å². The molecule has 0 aliphatic carbocycles. The zero-order valence-electron chi connectivity index (χ0n) is 19.8. The number of fused-ring (bicyclic) bond motifs is 4. The van der Waals surface area contributed by atoms with Gasteiger partial charge in [0.1, 0.15) is 5.65 Å². The van der Waals surface area contributed by atoms with Gasteiger partial charge in [0.25, 0.3) is 5.91 Å². The van der Waals surface area contributed by atoms with Crippen LogP contribution in [0.25, 0.3) is 16.9 Å². The van der Waals surface area contributed by atoms with Crippen LogP contribution in [0.5, 0.6) is 5.88 Å². The average Bonchev–Trinajstić information content (AvgIpc) is 3.27. The van der Waals surface area contributed by atoms with Crippen LogP contribution in [-0.2, 0) is 6.54 Å². The lowest BCUT2D eigenvalue weighted by atomic mass is 9.90. The summed E-state index contributed by atoms with van der Waals surface area (Å²) in [4.78, 5) is 27.2. The van der Waals surface area contributed by atoms with Crippen LogP contribution in [-0.4, -0.2) is 62.4 Å². The summed E-state index contributed by atoms with van der Waals surface area (Å²) in [6, 6.07) is 18.1. The third kappa shape index (κ3) is 4.17. The quantitative estimate of drug-likeness (QED) is 0.328. The molecule has 3 aliphatic rings. The number of piperidine rings is 2. The summed E-state index contributed by atoms with van der Waals surface area (Å²) >= 11 is 9.88. The van der Waals surface area contributed by atoms with Gasteiger partial charge < -0.3 is 14.0 Å². The van der Waals surface area contributed by atoms with Gasteiger partial charge in [-0.15, -0.1) is 0 Å². The number of amides is 1. The van der Waals surface area contributed by atoms with Gasteiger partial charge in [-0.05, 0) is 43.2 Å². The highest BCUT2D eigenvalue weighted by atomic mass is 79.9. The molecule has 2 atom stereocenters. The first-order chi connectivity index (χ1) is 17.5. The highest BCUT2D eigenvalue weighted by Crippen LogP contribution is 2.34. The number of hydrogen-bond donors (Lipinski definition) is 0. The Hall–Kier alpha value is -2.94. The van der Waals surface area contributed by atoms with E-state index >= 15 is 0 Å². The van der Waals surface area contributed by atoms with E-state index < -0.39 is 0 Å². The normalized spacial score (nSPS) is 19.7. The Bertz CT molecular complexity index is 1440. The van der Waals surface area contributed by atoms with Crippen molar-refractivity contribution in [2.45, 2.75) is 31.5 Å². The first-order valence-electron chi connectivity index (χ1n) is 12.0. The molecular weight excluding hydrogens is 542 g/mol. The number of aromatic nitrogens is 3. The van der Waals surface area contributed by atoms with Gasteiger partial charge in [0.05, 0.1) is 23.5 Å². The fourth-order valence-electron chi connectivity index (χ4n) is 5.41. The number of rotatable bonds is 5. The van der Waals surface area contributed by atoms with Crippen molar-refractivity contribution >= 4 is 39.1 Å². The van der Waals surface area contributed by atoms with Gasteiger partial charge in [-0.1, -0.05) is 45.7 Å². The van der Waals surface area contributed by atoms with Gasteiger partial charge in [-0.3, -0.25) is 9.69 Å². The molecule has 3 fully saturated rings. The van der Waals surface area contributed by atoms with Crippen LogP contribution in [0.4, 0.5) is 0 Å². The molecule has 0 spiro atoms. The monoisotopic (exact) mass is 565 g/mol. The number of imidazole rings is 1. The molecule has 1 aromatic carbocycles. The van der Waals surface area contributed by atoms with Gasteiger partial charge in [-0.2, -0.15) is 0 Å². The minimum atomic E-state index is -0.126. The van der Waals surface area contributed by atoms with Crippen LogP contribution in [0, 0.1) is 0 Å². The van der Waals surface area contributed by atoms with Crippen LogP contribution in [0.1, 0.15) is 29.0 Å². The maximum absolute atomic E-state index is 13.4. The van der Waals surface area contributed by atoms with Crippen molar-refractivity contribution < 1.29 is 9.53 Å². The minimum Gasteiger partial charge on any atom is -0.481 e. The number of benzene rings is 1. The summed E-state index contributed by atoms with van der Waals surface area (Å²) in [7, 11) is 1.54. The molecule has 7 rings (SSSR count). The SMILES string of the molecule is COc1ccc(Cl)c(C(=O)N2CC3CCC2CN3Cc2c(-c3ccc(Br)cc3)nc3ccccn23)n1. The minimum absolute atomic E-state index is 0.113. The van der Waals surface area contributed by atoms with Crippen LogP contribution in [0.15, 0.2) is 65.3 Å². The van der Waals surface area contributed by atoms with E-state index in [9.17, 15) is 4.79 Å². The second-order valence-electron chi connectivity index (χ2n) is 9.30. The Morgan fingerprint density at radius 1 is 1.06 bits per heavy atom. The molecule has 36 heavy (non-hydrogen) atoms. The Kier molecular flexibility index (Phi) is 6.19. The van der Waals surface area contributed by atoms with E-state index in [0.29, 0.717) is 17.4 Å². The summed E-state index contributed by atoms with van der Waals surface area (Å²) in [5.74, 6) is 0.262. The van der Waals surface area contributed by atoms with E-state index in [1.54, 1.807) is 12.1 Å². The molecule has 9 heteroatoms. The van der Waals surface area contributed by atoms with E-state index in [1.807, 2.05) is 35.2 Å². The van der Waals surface area contributed by atoms with E-state index in [1.165, 1.54) is 7.11 Å². The fraction of sp³-hybridized carbons (Fsp3) is 0.296. The molecule has 3 aliphatic heterocycles. The predicted molar refractivity (Wildman–Crippen MR) is 142 cm³/mol. The van der Waals surface area contributed by atoms with Crippen molar-refractivity contribution in [3.63, 3.8) is 0 Å². The molecule has 2 bridgehead atoms. The van der Waals surface area contributed by atoms with Crippen LogP contribution in [0.3, 0.4) is 0 Å². The molecule has 1 amide bonds. The van der Waals surface area contributed by atoms with Gasteiger partial charge in [-0.25, -0.2) is 9.97 Å². The summed E-state index contributed by atoms with van der Waals surface area (Å²) in [5, 5.41) is 0.351. The highest BCUT2D eigenvalue weighted by molar-refractivity contribution is 9.10. The molecule has 0 saturated carbocycles. The summed E-state index contributed by atoms with van der Waals surface area (Å²) in [6.07, 6.45) is 4.10. The maximum Gasteiger partial charge on any atom is 0.274 e. The van der Waals surface area contributed by atoms with Crippen molar-refractivity contribution in [3.05, 3.63) is 81.7 Å². The Labute approximate surface area is 222 Å². The van der Waals surface area contributed by atoms with Crippen LogP contribution >= 0.6 is 27.5 Å². The van der Waals surface area contributed by atoms with Crippen LogP contribution in [0.2, 0.25) is 5.02 Å². The number of pyridine rings is 2. The van der Waals surface area contributed by atoms with Crippen molar-refractivity contribution in [2.75, 3.05) is 20.2 Å². The van der Waals surface area contributed by atoms with Crippen LogP contribution < -0.4 is 4.74 Å². The zero-order chi connectivity index (χ0) is 24.8.